The highest BCUT2D eigenvalue weighted by Crippen LogP contribution is 2.22. The van der Waals surface area contributed by atoms with Gasteiger partial charge in [-0.3, -0.25) is 0 Å². The average Bonchev–Trinajstić information content (AvgIpc) is 2.38. The maximum Gasteiger partial charge on any atom is 0.253 e. The fourth-order valence-corrected chi connectivity index (χ4v) is 1.54. The second kappa shape index (κ2) is 5.26. The van der Waals surface area contributed by atoms with E-state index in [9.17, 15) is 17.6 Å². The van der Waals surface area contributed by atoms with Gasteiger partial charge in [-0.05, 0) is 12.5 Å². The Labute approximate surface area is 107 Å². The van der Waals surface area contributed by atoms with Gasteiger partial charge in [-0.1, -0.05) is 29.8 Å². The normalized spacial score (nSPS) is 10.6. The molecule has 2 nitrogen and oxygen atoms in total. The van der Waals surface area contributed by atoms with E-state index >= 15 is 0 Å². The zero-order valence-electron chi connectivity index (χ0n) is 9.98. The van der Waals surface area contributed by atoms with Gasteiger partial charge in [-0.25, -0.2) is 0 Å². The zero-order chi connectivity index (χ0) is 14.0. The van der Waals surface area contributed by atoms with Crippen LogP contribution in [-0.2, 0) is 6.54 Å². The van der Waals surface area contributed by atoms with Crippen LogP contribution in [-0.4, -0.2) is 4.98 Å². The monoisotopic (exact) mass is 270 g/mol. The number of rotatable bonds is 3. The molecule has 0 fully saturated rings. The van der Waals surface area contributed by atoms with Crippen molar-refractivity contribution in [3.8, 4) is 0 Å². The van der Waals surface area contributed by atoms with E-state index in [1.807, 2.05) is 19.1 Å². The molecule has 0 saturated carbocycles. The Bertz CT molecular complexity index is 570. The summed E-state index contributed by atoms with van der Waals surface area (Å²) in [6.45, 7) is 1.93. The third-order valence-corrected chi connectivity index (χ3v) is 2.59. The third-order valence-electron chi connectivity index (χ3n) is 2.59. The second-order valence-corrected chi connectivity index (χ2v) is 4.04. The van der Waals surface area contributed by atoms with E-state index in [2.05, 4.69) is 10.3 Å². The molecule has 1 N–H and O–H groups in total. The van der Waals surface area contributed by atoms with Crippen LogP contribution in [0.2, 0.25) is 0 Å². The van der Waals surface area contributed by atoms with Gasteiger partial charge in [-0.15, -0.1) is 0 Å². The summed E-state index contributed by atoms with van der Waals surface area (Å²) >= 11 is 0. The minimum atomic E-state index is -1.68. The molecule has 100 valence electrons. The highest BCUT2D eigenvalue weighted by molar-refractivity contribution is 5.46. The zero-order valence-corrected chi connectivity index (χ0v) is 9.98. The molecule has 2 rings (SSSR count). The molecule has 0 aliphatic rings. The van der Waals surface area contributed by atoms with Gasteiger partial charge < -0.3 is 5.32 Å². The molecule has 1 aromatic carbocycles. The summed E-state index contributed by atoms with van der Waals surface area (Å²) in [5.74, 6) is -6.42. The number of hydrogen-bond donors (Lipinski definition) is 1. The fourth-order valence-electron chi connectivity index (χ4n) is 1.54. The van der Waals surface area contributed by atoms with Gasteiger partial charge in [0.2, 0.25) is 11.6 Å². The van der Waals surface area contributed by atoms with E-state index in [0.717, 1.165) is 11.1 Å². The van der Waals surface area contributed by atoms with Crippen LogP contribution in [0.4, 0.5) is 23.2 Å². The minimum absolute atomic E-state index is 0.0387. The van der Waals surface area contributed by atoms with Crippen LogP contribution in [0.5, 0.6) is 0 Å². The maximum atomic E-state index is 13.3. The lowest BCUT2D eigenvalue weighted by molar-refractivity contribution is 0.410. The first-order valence-corrected chi connectivity index (χ1v) is 5.48. The molecule has 0 radical (unpaired) electrons. The Kier molecular flexibility index (Phi) is 3.69. The van der Waals surface area contributed by atoms with Crippen LogP contribution in [0.3, 0.4) is 0 Å². The predicted molar refractivity (Wildman–Crippen MR) is 62.6 cm³/mol. The van der Waals surface area contributed by atoms with Crippen molar-refractivity contribution in [3.05, 3.63) is 58.9 Å². The molecule has 0 saturated heterocycles. The van der Waals surface area contributed by atoms with Crippen molar-refractivity contribution >= 4 is 5.69 Å². The number of nitrogens with one attached hydrogen (secondary N) is 1. The molecule has 1 aromatic heterocycles. The van der Waals surface area contributed by atoms with Gasteiger partial charge in [0.1, 0.15) is 5.69 Å². The molecular formula is C13H10F4N2. The fraction of sp³-hybridized carbons (Fsp3) is 0.154. The highest BCUT2D eigenvalue weighted by Gasteiger charge is 2.20. The van der Waals surface area contributed by atoms with Crippen molar-refractivity contribution in [2.45, 2.75) is 13.5 Å². The standard InChI is InChI=1S/C13H10F4N2/c1-7-2-4-8(5-3-7)6-18-11-9(14)12(16)19-13(17)10(11)15/h2-5H,6H2,1H3,(H,18,19). The maximum absolute atomic E-state index is 13.3. The van der Waals surface area contributed by atoms with E-state index in [0.29, 0.717) is 0 Å². The first-order chi connectivity index (χ1) is 8.99. The van der Waals surface area contributed by atoms with E-state index < -0.39 is 29.2 Å². The van der Waals surface area contributed by atoms with Gasteiger partial charge in [0.15, 0.2) is 0 Å². The van der Waals surface area contributed by atoms with Gasteiger partial charge in [0, 0.05) is 6.54 Å². The minimum Gasteiger partial charge on any atom is -0.376 e. The number of aryl methyl sites for hydroxylation is 1. The summed E-state index contributed by atoms with van der Waals surface area (Å²) in [5, 5.41) is 2.33. The summed E-state index contributed by atoms with van der Waals surface area (Å²) < 4.78 is 52.3. The number of pyridine rings is 1. The third kappa shape index (κ3) is 2.83. The lowest BCUT2D eigenvalue weighted by Crippen LogP contribution is -2.09. The van der Waals surface area contributed by atoms with Crippen molar-refractivity contribution in [2.24, 2.45) is 0 Å². The number of halogens is 4. The van der Waals surface area contributed by atoms with Crippen molar-refractivity contribution in [1.82, 2.24) is 4.98 Å². The van der Waals surface area contributed by atoms with Crippen molar-refractivity contribution in [3.63, 3.8) is 0 Å². The van der Waals surface area contributed by atoms with Crippen molar-refractivity contribution < 1.29 is 17.6 Å². The summed E-state index contributed by atoms with van der Waals surface area (Å²) in [4.78, 5) is 2.48. The number of anilines is 1. The summed E-state index contributed by atoms with van der Waals surface area (Å²) in [7, 11) is 0. The quantitative estimate of drug-likeness (QED) is 0.681. The molecule has 0 aliphatic heterocycles. The van der Waals surface area contributed by atoms with E-state index in [1.54, 1.807) is 12.1 Å². The summed E-state index contributed by atoms with van der Waals surface area (Å²) in [5.41, 5.74) is 0.898. The van der Waals surface area contributed by atoms with Crippen LogP contribution in [0.1, 0.15) is 11.1 Å². The van der Waals surface area contributed by atoms with E-state index in [1.165, 1.54) is 0 Å². The highest BCUT2D eigenvalue weighted by atomic mass is 19.2. The first kappa shape index (κ1) is 13.3. The van der Waals surface area contributed by atoms with Crippen molar-refractivity contribution in [2.75, 3.05) is 5.32 Å². The summed E-state index contributed by atoms with van der Waals surface area (Å²) in [6, 6.07) is 7.12. The smallest absolute Gasteiger partial charge is 0.253 e. The number of hydrogen-bond acceptors (Lipinski definition) is 2. The van der Waals surface area contributed by atoms with Gasteiger partial charge in [0.25, 0.3) is 11.9 Å². The molecule has 0 spiro atoms. The Morgan fingerprint density at radius 3 is 2.00 bits per heavy atom. The topological polar surface area (TPSA) is 24.9 Å². The number of nitrogens with zero attached hydrogens (tertiary/aromatic N) is 1. The molecule has 6 heteroatoms. The molecule has 0 bridgehead atoms. The number of aromatic nitrogens is 1. The molecule has 0 unspecified atom stereocenters. The SMILES string of the molecule is Cc1ccc(CNc2c(F)c(F)nc(F)c2F)cc1. The lowest BCUT2D eigenvalue weighted by Gasteiger charge is -2.09. The Hall–Kier alpha value is -2.11. The largest absolute Gasteiger partial charge is 0.376 e. The molecular weight excluding hydrogens is 260 g/mol. The van der Waals surface area contributed by atoms with E-state index in [-0.39, 0.29) is 6.54 Å². The van der Waals surface area contributed by atoms with Crippen LogP contribution in [0.15, 0.2) is 24.3 Å². The molecule has 0 amide bonds. The second-order valence-electron chi connectivity index (χ2n) is 4.04. The van der Waals surface area contributed by atoms with Gasteiger partial charge >= 0.3 is 0 Å². The molecule has 0 atom stereocenters. The van der Waals surface area contributed by atoms with Gasteiger partial charge in [0.05, 0.1) is 0 Å². The number of benzene rings is 1. The Balaban J connectivity index is 2.22. The molecule has 1 heterocycles. The van der Waals surface area contributed by atoms with Crippen molar-refractivity contribution in [1.29, 1.82) is 0 Å². The first-order valence-electron chi connectivity index (χ1n) is 5.48. The molecule has 2 aromatic rings. The Morgan fingerprint density at radius 1 is 0.947 bits per heavy atom. The van der Waals surface area contributed by atoms with E-state index in [4.69, 9.17) is 0 Å². The summed E-state index contributed by atoms with van der Waals surface area (Å²) in [6.07, 6.45) is 0. The van der Waals surface area contributed by atoms with Crippen LogP contribution in [0.25, 0.3) is 0 Å². The van der Waals surface area contributed by atoms with Gasteiger partial charge in [-0.2, -0.15) is 22.5 Å². The molecule has 19 heavy (non-hydrogen) atoms. The lowest BCUT2D eigenvalue weighted by atomic mass is 10.1. The molecule has 0 aliphatic carbocycles. The van der Waals surface area contributed by atoms with Crippen LogP contribution in [0, 0.1) is 30.5 Å². The van der Waals surface area contributed by atoms with Crippen LogP contribution >= 0.6 is 0 Å². The Morgan fingerprint density at radius 2 is 1.47 bits per heavy atom. The predicted octanol–water partition coefficient (Wildman–Crippen LogP) is 3.56. The van der Waals surface area contributed by atoms with Crippen LogP contribution < -0.4 is 5.32 Å². The average molecular weight is 270 g/mol.